The highest BCUT2D eigenvalue weighted by Gasteiger charge is 2.40. The lowest BCUT2D eigenvalue weighted by Gasteiger charge is -2.45. The number of benzene rings is 1. The molecule has 0 spiro atoms. The summed E-state index contributed by atoms with van der Waals surface area (Å²) in [5.41, 5.74) is 2.07. The maximum atomic E-state index is 13.5. The number of aromatic nitrogens is 1. The van der Waals surface area contributed by atoms with Crippen LogP contribution in [0.4, 0.5) is 23.0 Å². The van der Waals surface area contributed by atoms with Crippen LogP contribution in [0.25, 0.3) is 0 Å². The standard InChI is InChI=1S/C31H42N6O4/c1-5-6-15-36-26-9-10-28(34-29(26)37(21(2)31(36)39)24-13-18-41-19-14-24)33-25-8-7-22(20-27(25)40-4)30(38)32-23-11-16-35(3)17-12-23/h5,7-10,20-21,23-24H,1,6,11-19H2,2-4H3,(H,32,38)(H,33,34)/t21-/m1/s1. The molecule has 2 aromatic rings. The third-order valence-corrected chi connectivity index (χ3v) is 8.35. The van der Waals surface area contributed by atoms with Gasteiger partial charge in [0.25, 0.3) is 5.91 Å². The van der Waals surface area contributed by atoms with Crippen LogP contribution in [0.3, 0.4) is 0 Å². The Labute approximate surface area is 242 Å². The molecule has 0 bridgehead atoms. The predicted molar refractivity (Wildman–Crippen MR) is 161 cm³/mol. The monoisotopic (exact) mass is 562 g/mol. The van der Waals surface area contributed by atoms with E-state index >= 15 is 0 Å². The molecule has 3 aliphatic heterocycles. The molecule has 2 N–H and O–H groups in total. The first kappa shape index (κ1) is 28.9. The zero-order valence-corrected chi connectivity index (χ0v) is 24.4. The highest BCUT2D eigenvalue weighted by Crippen LogP contribution is 2.39. The van der Waals surface area contributed by atoms with E-state index in [-0.39, 0.29) is 29.9 Å². The molecule has 41 heavy (non-hydrogen) atoms. The average Bonchev–Trinajstić information content (AvgIpc) is 2.99. The van der Waals surface area contributed by atoms with Crippen molar-refractivity contribution in [1.82, 2.24) is 15.2 Å². The number of rotatable bonds is 9. The molecule has 0 saturated carbocycles. The molecule has 1 atom stereocenters. The van der Waals surface area contributed by atoms with Crippen LogP contribution in [0, 0.1) is 0 Å². The number of carbonyl (C=O) groups excluding carboxylic acids is 2. The second-order valence-electron chi connectivity index (χ2n) is 11.1. The summed E-state index contributed by atoms with van der Waals surface area (Å²) in [6.45, 7) is 9.66. The summed E-state index contributed by atoms with van der Waals surface area (Å²) in [6, 6.07) is 9.27. The van der Waals surface area contributed by atoms with E-state index in [0.717, 1.165) is 50.3 Å². The summed E-state index contributed by atoms with van der Waals surface area (Å²) in [7, 11) is 3.70. The molecule has 0 unspecified atom stereocenters. The zero-order valence-electron chi connectivity index (χ0n) is 24.4. The number of anilines is 4. The van der Waals surface area contributed by atoms with Gasteiger partial charge in [-0.05, 0) is 89.5 Å². The van der Waals surface area contributed by atoms with Crippen LogP contribution in [0.5, 0.6) is 5.75 Å². The number of carbonyl (C=O) groups is 2. The molecule has 2 saturated heterocycles. The van der Waals surface area contributed by atoms with Gasteiger partial charge in [-0.25, -0.2) is 4.98 Å². The first-order valence-corrected chi connectivity index (χ1v) is 14.6. The van der Waals surface area contributed by atoms with Crippen molar-refractivity contribution in [3.63, 3.8) is 0 Å². The van der Waals surface area contributed by atoms with Gasteiger partial charge in [-0.1, -0.05) is 6.08 Å². The fourth-order valence-corrected chi connectivity index (χ4v) is 5.96. The molecule has 220 valence electrons. The fraction of sp³-hybridized carbons (Fsp3) is 0.516. The summed E-state index contributed by atoms with van der Waals surface area (Å²) < 4.78 is 11.3. The van der Waals surface area contributed by atoms with Gasteiger partial charge in [-0.15, -0.1) is 6.58 Å². The minimum Gasteiger partial charge on any atom is -0.495 e. The molecule has 0 radical (unpaired) electrons. The number of hydrogen-bond donors (Lipinski definition) is 2. The van der Waals surface area contributed by atoms with Gasteiger partial charge < -0.3 is 34.8 Å². The lowest BCUT2D eigenvalue weighted by atomic mass is 10.0. The number of piperidine rings is 1. The van der Waals surface area contributed by atoms with Crippen LogP contribution < -0.4 is 25.2 Å². The Morgan fingerprint density at radius 2 is 1.93 bits per heavy atom. The van der Waals surface area contributed by atoms with Crippen LogP contribution in [-0.4, -0.2) is 86.8 Å². The second-order valence-corrected chi connectivity index (χ2v) is 11.1. The fourth-order valence-electron chi connectivity index (χ4n) is 5.96. The van der Waals surface area contributed by atoms with Gasteiger partial charge >= 0.3 is 0 Å². The second kappa shape index (κ2) is 12.9. The Kier molecular flexibility index (Phi) is 9.09. The molecule has 0 aliphatic carbocycles. The topological polar surface area (TPSA) is 99.3 Å². The number of hydrogen-bond acceptors (Lipinski definition) is 8. The van der Waals surface area contributed by atoms with Gasteiger partial charge in [0.15, 0.2) is 5.82 Å². The summed E-state index contributed by atoms with van der Waals surface area (Å²) >= 11 is 0. The van der Waals surface area contributed by atoms with E-state index in [9.17, 15) is 9.59 Å². The summed E-state index contributed by atoms with van der Waals surface area (Å²) in [4.78, 5) is 37.7. The maximum absolute atomic E-state index is 13.5. The Hall–Kier alpha value is -3.63. The van der Waals surface area contributed by atoms with Gasteiger partial charge in [0.05, 0.1) is 18.5 Å². The molecule has 1 aromatic carbocycles. The lowest BCUT2D eigenvalue weighted by molar-refractivity contribution is -0.120. The average molecular weight is 563 g/mol. The Bertz CT molecular complexity index is 1260. The highest BCUT2D eigenvalue weighted by molar-refractivity contribution is 6.05. The Morgan fingerprint density at radius 1 is 1.17 bits per heavy atom. The van der Waals surface area contributed by atoms with E-state index in [4.69, 9.17) is 14.5 Å². The third-order valence-electron chi connectivity index (χ3n) is 8.35. The predicted octanol–water partition coefficient (Wildman–Crippen LogP) is 3.95. The number of nitrogens with zero attached hydrogens (tertiary/aromatic N) is 4. The lowest BCUT2D eigenvalue weighted by Crippen LogP contribution is -2.57. The quantitative estimate of drug-likeness (QED) is 0.444. The van der Waals surface area contributed by atoms with Crippen LogP contribution in [0.1, 0.15) is 49.4 Å². The van der Waals surface area contributed by atoms with E-state index < -0.39 is 0 Å². The first-order chi connectivity index (χ1) is 19.9. The van der Waals surface area contributed by atoms with Crippen LogP contribution in [-0.2, 0) is 9.53 Å². The third kappa shape index (κ3) is 6.33. The smallest absolute Gasteiger partial charge is 0.251 e. The van der Waals surface area contributed by atoms with Crippen LogP contribution in [0.15, 0.2) is 43.0 Å². The van der Waals surface area contributed by atoms with Crippen molar-refractivity contribution in [2.24, 2.45) is 0 Å². The summed E-state index contributed by atoms with van der Waals surface area (Å²) in [6.07, 6.45) is 6.11. The normalized spacial score (nSPS) is 20.5. The number of fused-ring (bicyclic) bond motifs is 1. The highest BCUT2D eigenvalue weighted by atomic mass is 16.5. The molecule has 10 nitrogen and oxygen atoms in total. The van der Waals surface area contributed by atoms with Crippen molar-refractivity contribution >= 4 is 34.8 Å². The van der Waals surface area contributed by atoms with E-state index in [1.54, 1.807) is 19.2 Å². The number of likely N-dealkylation sites (tertiary alicyclic amines) is 1. The van der Waals surface area contributed by atoms with Crippen molar-refractivity contribution in [3.8, 4) is 5.75 Å². The number of ether oxygens (including phenoxy) is 2. The van der Waals surface area contributed by atoms with Crippen molar-refractivity contribution in [2.75, 3.05) is 62.1 Å². The summed E-state index contributed by atoms with van der Waals surface area (Å²) in [5.74, 6) is 1.95. The van der Waals surface area contributed by atoms with Crippen LogP contribution >= 0.6 is 0 Å². The molecule has 3 aliphatic rings. The largest absolute Gasteiger partial charge is 0.495 e. The van der Waals surface area contributed by atoms with Crippen LogP contribution in [0.2, 0.25) is 0 Å². The van der Waals surface area contributed by atoms with E-state index in [0.29, 0.717) is 49.0 Å². The molecular formula is C31H42N6O4. The van der Waals surface area contributed by atoms with Gasteiger partial charge in [0.1, 0.15) is 17.6 Å². The van der Waals surface area contributed by atoms with Crippen molar-refractivity contribution in [3.05, 3.63) is 48.6 Å². The van der Waals surface area contributed by atoms with Gasteiger partial charge in [0.2, 0.25) is 5.91 Å². The molecule has 1 aromatic heterocycles. The number of nitrogens with one attached hydrogen (secondary N) is 2. The first-order valence-electron chi connectivity index (χ1n) is 14.6. The van der Waals surface area contributed by atoms with E-state index in [2.05, 4.69) is 34.1 Å². The zero-order chi connectivity index (χ0) is 28.9. The minimum atomic E-state index is -0.338. The number of methoxy groups -OCH3 is 1. The molecule has 2 amide bonds. The van der Waals surface area contributed by atoms with Crippen molar-refractivity contribution < 1.29 is 19.1 Å². The molecule has 2 fully saturated rings. The van der Waals surface area contributed by atoms with E-state index in [1.165, 1.54) is 0 Å². The molecule has 5 rings (SSSR count). The van der Waals surface area contributed by atoms with Crippen molar-refractivity contribution in [1.29, 1.82) is 0 Å². The molecule has 4 heterocycles. The minimum absolute atomic E-state index is 0.0733. The number of amides is 2. The number of pyridine rings is 1. The summed E-state index contributed by atoms with van der Waals surface area (Å²) in [5, 5.41) is 6.56. The maximum Gasteiger partial charge on any atom is 0.251 e. The van der Waals surface area contributed by atoms with Gasteiger partial charge in [0, 0.05) is 37.4 Å². The van der Waals surface area contributed by atoms with Gasteiger partial charge in [-0.3, -0.25) is 9.59 Å². The Morgan fingerprint density at radius 3 is 2.63 bits per heavy atom. The molecular weight excluding hydrogens is 520 g/mol. The van der Waals surface area contributed by atoms with E-state index in [1.807, 2.05) is 36.1 Å². The molecule has 10 heteroatoms. The Balaban J connectivity index is 1.39. The SMILES string of the molecule is C=CCCN1C(=O)[C@@H](C)N(C2CCOCC2)c2nc(Nc3ccc(C(=O)NC4CCN(C)CC4)cc3OC)ccc21. The van der Waals surface area contributed by atoms with Gasteiger partial charge in [-0.2, -0.15) is 0 Å². The van der Waals surface area contributed by atoms with Crippen molar-refractivity contribution in [2.45, 2.75) is 57.2 Å².